The van der Waals surface area contributed by atoms with E-state index in [1.807, 2.05) is 80.2 Å². The van der Waals surface area contributed by atoms with Gasteiger partial charge in [0.05, 0.1) is 28.4 Å². The number of carboxylic acids is 8. The summed E-state index contributed by atoms with van der Waals surface area (Å²) in [5, 5.41) is 130. The Hall–Kier alpha value is -3.16. The number of ether oxygens (including phenoxy) is 4. The first-order valence-corrected chi connectivity index (χ1v) is 35.9. The predicted molar refractivity (Wildman–Crippen MR) is 421 cm³/mol. The van der Waals surface area contributed by atoms with Crippen molar-refractivity contribution in [2.45, 2.75) is 220 Å². The third-order valence-electron chi connectivity index (χ3n) is 14.2. The van der Waals surface area contributed by atoms with E-state index >= 15 is 0 Å². The second kappa shape index (κ2) is 74.5. The Morgan fingerprint density at radius 3 is 0.472 bits per heavy atom. The molecule has 33 nitrogen and oxygen atoms in total. The molecule has 4 aromatic rings. The molecular formula is C84H138Co2N4O29Tb4-2. The Bertz CT molecular complexity index is 3050. The van der Waals surface area contributed by atoms with Crippen LogP contribution in [0.1, 0.15) is 211 Å². The van der Waals surface area contributed by atoms with E-state index in [-0.39, 0.29) is 238 Å². The van der Waals surface area contributed by atoms with Crippen LogP contribution in [0.25, 0.3) is 0 Å². The molecule has 2 radical (unpaired) electrons. The molecular weight excluding hydrogens is 2280 g/mol. The van der Waals surface area contributed by atoms with Gasteiger partial charge in [-0.05, 0) is 125 Å². The minimum Gasteiger partial charge on any atom is -0.870 e. The van der Waals surface area contributed by atoms with Crippen molar-refractivity contribution < 1.29 is 334 Å². The van der Waals surface area contributed by atoms with Crippen molar-refractivity contribution in [2.75, 3.05) is 82.8 Å². The van der Waals surface area contributed by atoms with Gasteiger partial charge in [0.1, 0.15) is 23.0 Å². The molecule has 0 unspecified atom stereocenters. The summed E-state index contributed by atoms with van der Waals surface area (Å²) < 4.78 is 20.9. The Balaban J connectivity index is -0.0000000724. The fourth-order valence-electron chi connectivity index (χ4n) is 6.40. The average Bonchev–Trinajstić information content (AvgIpc) is 0.817. The first-order valence-electron chi connectivity index (χ1n) is 35.9. The minimum absolute atomic E-state index is 0. The van der Waals surface area contributed by atoms with Crippen LogP contribution >= 0.6 is 0 Å². The summed E-state index contributed by atoms with van der Waals surface area (Å²) in [6.45, 7) is 51.0. The van der Waals surface area contributed by atoms with Gasteiger partial charge in [0.25, 0.3) is 0 Å². The number of nitrogens with zero attached hydrogens (tertiary/aromatic N) is 4. The third kappa shape index (κ3) is 79.5. The van der Waals surface area contributed by atoms with Gasteiger partial charge in [0, 0.05) is 182 Å². The van der Waals surface area contributed by atoms with E-state index < -0.39 is 91.1 Å². The summed E-state index contributed by atoms with van der Waals surface area (Å²) in [4.78, 5) is 87.7. The van der Waals surface area contributed by atoms with Crippen molar-refractivity contribution in [1.82, 2.24) is 19.6 Å². The number of aliphatic carboxylic acids is 8. The molecule has 4 rings (SSSR count). The molecule has 0 saturated carbocycles. The number of rotatable bonds is 18. The van der Waals surface area contributed by atoms with Crippen molar-refractivity contribution >= 4 is 47.8 Å². The van der Waals surface area contributed by atoms with Gasteiger partial charge in [-0.3, -0.25) is 9.80 Å². The molecule has 0 spiro atoms. The van der Waals surface area contributed by atoms with E-state index in [1.165, 1.54) is 28.4 Å². The summed E-state index contributed by atoms with van der Waals surface area (Å²) in [7, 11) is 14.0. The predicted octanol–water partition coefficient (Wildman–Crippen LogP) is 0.786. The van der Waals surface area contributed by atoms with Gasteiger partial charge < -0.3 is 156 Å². The second-order valence-corrected chi connectivity index (χ2v) is 35.1. The Morgan fingerprint density at radius 1 is 0.285 bits per heavy atom. The number of methoxy groups -OCH3 is 4. The number of carbonyl (C=O) groups excluding carboxylic acids is 8. The Morgan fingerprint density at radius 2 is 0.390 bits per heavy atom. The first-order chi connectivity index (χ1) is 50.0. The molecule has 6 N–H and O–H groups in total. The molecule has 0 heterocycles. The zero-order valence-corrected chi connectivity index (χ0v) is 88.8. The molecule has 0 bridgehead atoms. The molecule has 0 saturated heterocycles. The molecule has 0 amide bonds. The summed E-state index contributed by atoms with van der Waals surface area (Å²) >= 11 is 0. The van der Waals surface area contributed by atoms with Crippen molar-refractivity contribution in [1.29, 1.82) is 0 Å². The zero-order chi connectivity index (χ0) is 90.3. The molecule has 724 valence electrons. The van der Waals surface area contributed by atoms with Crippen LogP contribution in [0.3, 0.4) is 0 Å². The van der Waals surface area contributed by atoms with Crippen molar-refractivity contribution in [2.24, 2.45) is 43.3 Å². The molecule has 0 aromatic heterocycles. The van der Waals surface area contributed by atoms with Gasteiger partial charge in [-0.25, -0.2) is 0 Å². The number of carboxylic acid groups (broad SMARTS) is 8. The number of likely N-dealkylation sites (N-methyl/N-ethyl adjacent to an activating group) is 2. The summed E-state index contributed by atoms with van der Waals surface area (Å²) in [6.07, 6.45) is 0. The van der Waals surface area contributed by atoms with E-state index in [4.69, 9.17) is 18.9 Å². The number of hydrogen-bond donors (Lipinski definition) is 0. The molecule has 0 aliphatic heterocycles. The number of carbonyl (C=O) groups is 8. The fraction of sp³-hybridized carbons (Fsp3) is 0.619. The molecule has 39 heteroatoms. The van der Waals surface area contributed by atoms with Gasteiger partial charge in [0.2, 0.25) is 0 Å². The van der Waals surface area contributed by atoms with Gasteiger partial charge >= 0.3 is 149 Å². The van der Waals surface area contributed by atoms with Crippen LogP contribution in [0.4, 0.5) is 0 Å². The molecule has 0 aliphatic carbocycles. The number of hydrogen-bond acceptors (Lipinski definition) is 32. The van der Waals surface area contributed by atoms with E-state index in [2.05, 4.69) is 19.6 Å². The number of aryl methyl sites for hydroxylation is 4. The van der Waals surface area contributed by atoms with Crippen LogP contribution in [0, 0.1) is 225 Å². The molecule has 123 heavy (non-hydrogen) atoms. The smallest absolute Gasteiger partial charge is 0.870 e. The standard InChI is InChI=1S/2C22H32N2O4.8C5H10O2.2Co.5H2O.4Tb/c2*1-15-9-17(21(25)19(11-15)27-5)13-24(8-7-23(3)4)14-18-10-16(2)12-20(28-6)22(18)26;8*1-5(2,3)4(6)7;;;;;;;;;;;/h2*9-12,25-26H,7-8,13-14H2,1-6H3;8*1-3H3,(H,6,7);;;5*1H2;;;;/q;;;;;;;;;;+2;+3;;;;;;;3*+3/p-16. The molecule has 0 atom stereocenters. The Labute approximate surface area is 876 Å². The second-order valence-electron chi connectivity index (χ2n) is 35.1. The van der Waals surface area contributed by atoms with Crippen LogP contribution < -0.4 is 80.2 Å². The fourth-order valence-corrected chi connectivity index (χ4v) is 6.40. The third-order valence-corrected chi connectivity index (χ3v) is 14.2. The topological polar surface area (TPSA) is 615 Å². The van der Waals surface area contributed by atoms with Crippen molar-refractivity contribution in [3.63, 3.8) is 0 Å². The Kier molecular flexibility index (Phi) is 96.9. The van der Waals surface area contributed by atoms with Crippen LogP contribution in [-0.4, -0.2) is 178 Å². The summed E-state index contributed by atoms with van der Waals surface area (Å²) in [5.74, 6) is -7.07. The SMILES string of the molecule is CC(C)(C)C(=O)[O-].CC(C)(C)C(=O)[O-].CC(C)(C)C(=O)[O-].CC(C)(C)C(=O)[O-].CC(C)(C)C(=O)[O-].CC(C)(C)C(=O)[O-].CC(C)(C)C(=O)[O-].CC(C)(C)C(=O)[O-].COc1cc(C)cc(CN(CCN(C)C)Cc2cc(C)cc(OC)c2[O-])c1[O-].COc1cc(C)cc(CN(CCN(C)C)Cc2cc(C)cc(OC)c2[O-])c1[O-].O.[Co+2].[Co+3].[OH-].[OH-].[OH-].[OH-].[Tb+3].[Tb+3].[Tb+3].[Tb]. The largest absolute Gasteiger partial charge is 3.00 e. The summed E-state index contributed by atoms with van der Waals surface area (Å²) in [6, 6.07) is 14.6. The molecule has 0 aliphatic rings. The normalized spacial score (nSPS) is 10.3. The first kappa shape index (κ1) is 160. The van der Waals surface area contributed by atoms with E-state index in [0.29, 0.717) is 71.4 Å². The average molecular weight is 2420 g/mol. The van der Waals surface area contributed by atoms with Crippen LogP contribution in [0.5, 0.6) is 46.0 Å². The maximum atomic E-state index is 12.7. The maximum Gasteiger partial charge on any atom is 3.00 e. The van der Waals surface area contributed by atoms with Gasteiger partial charge in [0.15, 0.2) is 0 Å². The van der Waals surface area contributed by atoms with E-state index in [1.54, 1.807) is 190 Å². The van der Waals surface area contributed by atoms with Gasteiger partial charge in [-0.1, -0.05) is 213 Å². The van der Waals surface area contributed by atoms with Crippen LogP contribution in [-0.2, 0) is 98.1 Å². The minimum atomic E-state index is -1.01. The van der Waals surface area contributed by atoms with E-state index in [9.17, 15) is 99.6 Å². The zero-order valence-electron chi connectivity index (χ0n) is 78.2. The summed E-state index contributed by atoms with van der Waals surface area (Å²) in [5.41, 5.74) is 1.01. The monoisotopic (exact) mass is 2420 g/mol. The van der Waals surface area contributed by atoms with Gasteiger partial charge in [-0.2, -0.15) is 0 Å². The quantitative estimate of drug-likeness (QED) is 0.133. The molecule has 4 aromatic carbocycles. The molecule has 0 fully saturated rings. The van der Waals surface area contributed by atoms with Gasteiger partial charge in [-0.15, -0.1) is 0 Å². The maximum absolute atomic E-state index is 12.7. The van der Waals surface area contributed by atoms with Crippen molar-refractivity contribution in [3.05, 3.63) is 93.0 Å². The van der Waals surface area contributed by atoms with Crippen molar-refractivity contribution in [3.8, 4) is 46.0 Å². The van der Waals surface area contributed by atoms with Crippen LogP contribution in [0.15, 0.2) is 48.5 Å². The number of benzene rings is 4. The van der Waals surface area contributed by atoms with E-state index in [0.717, 1.165) is 48.4 Å². The van der Waals surface area contributed by atoms with Crippen LogP contribution in [0.2, 0.25) is 0 Å².